The van der Waals surface area contributed by atoms with Crippen molar-refractivity contribution in [2.24, 2.45) is 5.10 Å². The van der Waals surface area contributed by atoms with Crippen molar-refractivity contribution in [3.05, 3.63) is 61.2 Å². The van der Waals surface area contributed by atoms with Gasteiger partial charge in [0.25, 0.3) is 5.56 Å². The Hall–Kier alpha value is -3.07. The summed E-state index contributed by atoms with van der Waals surface area (Å²) in [4.78, 5) is 27.5. The fraction of sp³-hybridized carbons (Fsp3) is 0.118. The van der Waals surface area contributed by atoms with Crippen LogP contribution in [0.1, 0.15) is 5.56 Å². The first-order valence-electron chi connectivity index (χ1n) is 7.38. The predicted molar refractivity (Wildman–Crippen MR) is 101 cm³/mol. The van der Waals surface area contributed by atoms with Gasteiger partial charge in [0.15, 0.2) is 11.5 Å². The van der Waals surface area contributed by atoms with E-state index >= 15 is 0 Å². The van der Waals surface area contributed by atoms with E-state index in [0.29, 0.717) is 27.1 Å². The molecule has 0 aliphatic heterocycles. The van der Waals surface area contributed by atoms with Crippen LogP contribution in [-0.4, -0.2) is 35.2 Å². The van der Waals surface area contributed by atoms with Crippen molar-refractivity contribution in [2.45, 2.75) is 0 Å². The van der Waals surface area contributed by atoms with Crippen LogP contribution in [0.5, 0.6) is 17.2 Å². The second-order valence-electron chi connectivity index (χ2n) is 5.26. The number of nitrogens with zero attached hydrogens (tertiary/aromatic N) is 2. The normalized spacial score (nSPS) is 11.2. The van der Waals surface area contributed by atoms with Gasteiger partial charge in [-0.2, -0.15) is 5.10 Å². The number of aromatic amines is 1. The van der Waals surface area contributed by atoms with E-state index in [2.05, 4.69) is 26.0 Å². The van der Waals surface area contributed by atoms with Crippen LogP contribution in [0.3, 0.4) is 0 Å². The van der Waals surface area contributed by atoms with Gasteiger partial charge in [0.1, 0.15) is 5.75 Å². The number of phenolic OH excluding ortho intramolecular Hbond substituents is 1. The van der Waals surface area contributed by atoms with Crippen LogP contribution >= 0.6 is 15.9 Å². The molecular weight excluding hydrogens is 406 g/mol. The number of hydrogen-bond donors (Lipinski definition) is 2. The van der Waals surface area contributed by atoms with Crippen LogP contribution in [0.2, 0.25) is 0 Å². The number of ether oxygens (including phenoxy) is 2. The standard InChI is InChI=1S/C17H14BrN3O5/c1-25-14-6-10-12(7-15(14)26-2)20-17(24)21(16(10)23)19-8-9-3-4-13(22)11(18)5-9/h3-8,22H,1-2H3,(H,20,24). The Kier molecular flexibility index (Phi) is 4.81. The van der Waals surface area contributed by atoms with E-state index in [1.807, 2.05) is 0 Å². The van der Waals surface area contributed by atoms with Gasteiger partial charge in [0, 0.05) is 6.07 Å². The van der Waals surface area contributed by atoms with E-state index in [9.17, 15) is 14.7 Å². The molecule has 0 spiro atoms. The highest BCUT2D eigenvalue weighted by Crippen LogP contribution is 2.29. The molecule has 0 atom stereocenters. The number of nitrogens with one attached hydrogen (secondary N) is 1. The number of fused-ring (bicyclic) bond motifs is 1. The Labute approximate surface area is 155 Å². The maximum absolute atomic E-state index is 12.6. The third kappa shape index (κ3) is 3.21. The largest absolute Gasteiger partial charge is 0.507 e. The molecule has 0 fully saturated rings. The van der Waals surface area contributed by atoms with E-state index in [4.69, 9.17) is 9.47 Å². The molecule has 0 aliphatic rings. The number of halogens is 1. The number of hydrogen-bond acceptors (Lipinski definition) is 6. The van der Waals surface area contributed by atoms with Crippen LogP contribution in [-0.2, 0) is 0 Å². The van der Waals surface area contributed by atoms with E-state index in [1.54, 1.807) is 12.1 Å². The molecule has 0 saturated carbocycles. The maximum atomic E-state index is 12.6. The minimum Gasteiger partial charge on any atom is -0.507 e. The number of rotatable bonds is 4. The summed E-state index contributed by atoms with van der Waals surface area (Å²) in [5, 5.41) is 13.7. The van der Waals surface area contributed by atoms with Gasteiger partial charge < -0.3 is 19.6 Å². The second kappa shape index (κ2) is 7.04. The predicted octanol–water partition coefficient (Wildman–Crippen LogP) is 2.06. The minimum atomic E-state index is -0.691. The number of aromatic nitrogens is 2. The zero-order valence-electron chi connectivity index (χ0n) is 13.8. The Balaban J connectivity index is 2.14. The molecule has 1 heterocycles. The smallest absolute Gasteiger partial charge is 0.349 e. The van der Waals surface area contributed by atoms with Crippen LogP contribution < -0.4 is 20.7 Å². The molecule has 0 saturated heterocycles. The lowest BCUT2D eigenvalue weighted by atomic mass is 10.2. The molecule has 3 aromatic rings. The monoisotopic (exact) mass is 419 g/mol. The van der Waals surface area contributed by atoms with Crippen molar-refractivity contribution in [3.63, 3.8) is 0 Å². The number of phenols is 1. The number of H-pyrrole nitrogens is 1. The fourth-order valence-electron chi connectivity index (χ4n) is 2.37. The summed E-state index contributed by atoms with van der Waals surface area (Å²) in [6.45, 7) is 0. The van der Waals surface area contributed by atoms with Crippen molar-refractivity contribution in [1.82, 2.24) is 9.66 Å². The fourth-order valence-corrected chi connectivity index (χ4v) is 2.76. The van der Waals surface area contributed by atoms with Gasteiger partial charge in [-0.3, -0.25) is 4.79 Å². The molecule has 9 heteroatoms. The second-order valence-corrected chi connectivity index (χ2v) is 6.11. The number of methoxy groups -OCH3 is 2. The lowest BCUT2D eigenvalue weighted by molar-refractivity contribution is 0.355. The van der Waals surface area contributed by atoms with Gasteiger partial charge in [-0.25, -0.2) is 4.79 Å². The highest BCUT2D eigenvalue weighted by molar-refractivity contribution is 9.10. The molecule has 0 unspecified atom stereocenters. The van der Waals surface area contributed by atoms with Crippen molar-refractivity contribution >= 4 is 33.0 Å². The average molecular weight is 420 g/mol. The molecule has 26 heavy (non-hydrogen) atoms. The van der Waals surface area contributed by atoms with E-state index in [1.165, 1.54) is 38.6 Å². The van der Waals surface area contributed by atoms with Crippen LogP contribution in [0, 0.1) is 0 Å². The Bertz CT molecular complexity index is 1130. The van der Waals surface area contributed by atoms with Crippen molar-refractivity contribution in [2.75, 3.05) is 14.2 Å². The van der Waals surface area contributed by atoms with Gasteiger partial charge in [-0.1, -0.05) is 0 Å². The van der Waals surface area contributed by atoms with Crippen LogP contribution in [0.15, 0.2) is 49.5 Å². The molecule has 1 aromatic heterocycles. The maximum Gasteiger partial charge on any atom is 0.349 e. The van der Waals surface area contributed by atoms with Crippen LogP contribution in [0.25, 0.3) is 10.9 Å². The topological polar surface area (TPSA) is 106 Å². The van der Waals surface area contributed by atoms with E-state index in [0.717, 1.165) is 4.68 Å². The first-order chi connectivity index (χ1) is 12.4. The third-order valence-corrected chi connectivity index (χ3v) is 4.31. The molecule has 0 amide bonds. The molecule has 134 valence electrons. The quantitative estimate of drug-likeness (QED) is 0.629. The summed E-state index contributed by atoms with van der Waals surface area (Å²) in [7, 11) is 2.91. The Morgan fingerprint density at radius 2 is 1.85 bits per heavy atom. The minimum absolute atomic E-state index is 0.0731. The van der Waals surface area contributed by atoms with Gasteiger partial charge >= 0.3 is 5.69 Å². The lowest BCUT2D eigenvalue weighted by Gasteiger charge is -2.09. The molecule has 0 aliphatic carbocycles. The molecule has 2 N–H and O–H groups in total. The molecule has 2 aromatic carbocycles. The summed E-state index contributed by atoms with van der Waals surface area (Å²) < 4.78 is 11.5. The average Bonchev–Trinajstić information content (AvgIpc) is 2.63. The summed E-state index contributed by atoms with van der Waals surface area (Å²) in [5.41, 5.74) is -0.382. The Morgan fingerprint density at radius 3 is 2.50 bits per heavy atom. The molecule has 0 radical (unpaired) electrons. The molecule has 0 bridgehead atoms. The lowest BCUT2D eigenvalue weighted by Crippen LogP contribution is -2.32. The first kappa shape index (κ1) is 17.7. The van der Waals surface area contributed by atoms with Gasteiger partial charge in [0.2, 0.25) is 0 Å². The van der Waals surface area contributed by atoms with Gasteiger partial charge in [-0.05, 0) is 45.8 Å². The molecule has 3 rings (SSSR count). The Morgan fingerprint density at radius 1 is 1.15 bits per heavy atom. The van der Waals surface area contributed by atoms with E-state index in [-0.39, 0.29) is 11.1 Å². The van der Waals surface area contributed by atoms with Gasteiger partial charge in [0.05, 0.1) is 35.8 Å². The van der Waals surface area contributed by atoms with E-state index < -0.39 is 11.2 Å². The zero-order valence-corrected chi connectivity index (χ0v) is 15.4. The summed E-state index contributed by atoms with van der Waals surface area (Å²) in [6, 6.07) is 7.67. The number of aromatic hydroxyl groups is 1. The summed E-state index contributed by atoms with van der Waals surface area (Å²) in [6.07, 6.45) is 1.34. The highest BCUT2D eigenvalue weighted by atomic mass is 79.9. The first-order valence-corrected chi connectivity index (χ1v) is 8.18. The third-order valence-electron chi connectivity index (χ3n) is 3.67. The highest BCUT2D eigenvalue weighted by Gasteiger charge is 2.12. The zero-order chi connectivity index (χ0) is 18.8. The van der Waals surface area contributed by atoms with Crippen molar-refractivity contribution in [3.8, 4) is 17.2 Å². The summed E-state index contributed by atoms with van der Waals surface area (Å²) >= 11 is 3.19. The SMILES string of the molecule is COc1cc2[nH]c(=O)n(N=Cc3ccc(O)c(Br)c3)c(=O)c2cc1OC. The molecule has 8 nitrogen and oxygen atoms in total. The van der Waals surface area contributed by atoms with Gasteiger partial charge in [-0.15, -0.1) is 4.68 Å². The van der Waals surface area contributed by atoms with Crippen LogP contribution in [0.4, 0.5) is 0 Å². The van der Waals surface area contributed by atoms with Crippen molar-refractivity contribution < 1.29 is 14.6 Å². The van der Waals surface area contributed by atoms with Crippen molar-refractivity contribution in [1.29, 1.82) is 0 Å². The molecular formula is C17H14BrN3O5. The summed E-state index contributed by atoms with van der Waals surface area (Å²) in [5.74, 6) is 0.830. The number of benzene rings is 2.